The fourth-order valence-electron chi connectivity index (χ4n) is 3.21. The molecule has 5 nitrogen and oxygen atoms in total. The number of amides is 1. The average molecular weight is 304 g/mol. The van der Waals surface area contributed by atoms with E-state index < -0.39 is 48.4 Å². The van der Waals surface area contributed by atoms with Gasteiger partial charge in [0.05, 0.1) is 17.9 Å². The van der Waals surface area contributed by atoms with E-state index in [2.05, 4.69) is 0 Å². The molecule has 0 bridgehead atoms. The average Bonchev–Trinajstić information content (AvgIpc) is 3.05. The third kappa shape index (κ3) is 2.69. The normalized spacial score (nSPS) is 28.4. The van der Waals surface area contributed by atoms with Crippen LogP contribution in [0.5, 0.6) is 0 Å². The summed E-state index contributed by atoms with van der Waals surface area (Å²) in [5, 5.41) is 18.1. The van der Waals surface area contributed by atoms with Gasteiger partial charge in [-0.3, -0.25) is 9.59 Å². The second-order valence-electron chi connectivity index (χ2n) is 5.70. The summed E-state index contributed by atoms with van der Waals surface area (Å²) in [6.07, 6.45) is -2.66. The lowest BCUT2D eigenvalue weighted by molar-refractivity contribution is -0.188. The number of nitriles is 1. The summed E-state index contributed by atoms with van der Waals surface area (Å²) in [5.41, 5.74) is -1.27. The predicted molar refractivity (Wildman–Crippen MR) is 63.8 cm³/mol. The van der Waals surface area contributed by atoms with Crippen molar-refractivity contribution in [3.63, 3.8) is 0 Å². The van der Waals surface area contributed by atoms with Gasteiger partial charge in [0.25, 0.3) is 0 Å². The van der Waals surface area contributed by atoms with Crippen LogP contribution < -0.4 is 0 Å². The van der Waals surface area contributed by atoms with Crippen molar-refractivity contribution in [3.05, 3.63) is 0 Å². The van der Waals surface area contributed by atoms with E-state index in [0.29, 0.717) is 25.7 Å². The highest BCUT2D eigenvalue weighted by molar-refractivity contribution is 5.87. The molecule has 116 valence electrons. The Morgan fingerprint density at radius 1 is 1.24 bits per heavy atom. The van der Waals surface area contributed by atoms with Crippen LogP contribution in [-0.2, 0) is 9.59 Å². The Bertz CT molecular complexity index is 492. The van der Waals surface area contributed by atoms with E-state index in [4.69, 9.17) is 5.11 Å². The molecular formula is C13H15F3N2O3. The summed E-state index contributed by atoms with van der Waals surface area (Å²) in [5.74, 6) is -5.95. The highest BCUT2D eigenvalue weighted by Crippen LogP contribution is 2.43. The summed E-state index contributed by atoms with van der Waals surface area (Å²) < 4.78 is 38.7. The van der Waals surface area contributed by atoms with Gasteiger partial charge in [-0.25, -0.2) is 0 Å². The third-order valence-electron chi connectivity index (χ3n) is 4.43. The number of carbonyl (C=O) groups is 2. The van der Waals surface area contributed by atoms with Crippen LogP contribution in [0.15, 0.2) is 0 Å². The zero-order valence-electron chi connectivity index (χ0n) is 11.2. The van der Waals surface area contributed by atoms with Gasteiger partial charge in [0.1, 0.15) is 5.41 Å². The summed E-state index contributed by atoms with van der Waals surface area (Å²) in [4.78, 5) is 24.3. The Hall–Kier alpha value is -1.78. The van der Waals surface area contributed by atoms with Crippen LogP contribution >= 0.6 is 0 Å². The standard InChI is InChI=1S/C13H15F3N2O3/c14-13(15,16)9-6-18(5-8(9)10(19)20)11(21)12(7-17)3-1-2-4-12/h8-9H,1-6H2,(H,19,20)/t8-,9-/m1/s1. The molecule has 2 aliphatic rings. The van der Waals surface area contributed by atoms with Crippen molar-refractivity contribution in [1.82, 2.24) is 4.90 Å². The molecule has 0 aromatic heterocycles. The van der Waals surface area contributed by atoms with Gasteiger partial charge in [-0.2, -0.15) is 18.4 Å². The second kappa shape index (κ2) is 5.20. The van der Waals surface area contributed by atoms with E-state index in [1.54, 1.807) is 0 Å². The zero-order chi connectivity index (χ0) is 15.8. The number of halogens is 3. The third-order valence-corrected chi connectivity index (χ3v) is 4.43. The van der Waals surface area contributed by atoms with Crippen LogP contribution in [0.3, 0.4) is 0 Å². The van der Waals surface area contributed by atoms with Crippen LogP contribution in [0.2, 0.25) is 0 Å². The van der Waals surface area contributed by atoms with Gasteiger partial charge >= 0.3 is 12.1 Å². The quantitative estimate of drug-likeness (QED) is 0.843. The monoisotopic (exact) mass is 304 g/mol. The van der Waals surface area contributed by atoms with Crippen molar-refractivity contribution in [2.75, 3.05) is 13.1 Å². The summed E-state index contributed by atoms with van der Waals surface area (Å²) >= 11 is 0. The molecule has 0 spiro atoms. The lowest BCUT2D eigenvalue weighted by atomic mass is 9.86. The second-order valence-corrected chi connectivity index (χ2v) is 5.70. The number of carboxylic acid groups (broad SMARTS) is 1. The fraction of sp³-hybridized carbons (Fsp3) is 0.769. The Labute approximate surface area is 119 Å². The molecule has 0 radical (unpaired) electrons. The van der Waals surface area contributed by atoms with E-state index in [-0.39, 0.29) is 0 Å². The first-order chi connectivity index (χ1) is 9.71. The van der Waals surface area contributed by atoms with Crippen LogP contribution in [-0.4, -0.2) is 41.1 Å². The first kappa shape index (κ1) is 15.6. The number of rotatable bonds is 2. The van der Waals surface area contributed by atoms with Gasteiger partial charge in [-0.1, -0.05) is 12.8 Å². The minimum absolute atomic E-state index is 0.327. The predicted octanol–water partition coefficient (Wildman–Crippen LogP) is 1.79. The smallest absolute Gasteiger partial charge is 0.394 e. The number of alkyl halides is 3. The van der Waals surface area contributed by atoms with Gasteiger partial charge in [-0.15, -0.1) is 0 Å². The van der Waals surface area contributed by atoms with Crippen LogP contribution in [0.4, 0.5) is 13.2 Å². The molecule has 1 aliphatic carbocycles. The number of hydrogen-bond acceptors (Lipinski definition) is 3. The largest absolute Gasteiger partial charge is 0.481 e. The van der Waals surface area contributed by atoms with E-state index >= 15 is 0 Å². The zero-order valence-corrected chi connectivity index (χ0v) is 11.2. The van der Waals surface area contributed by atoms with Gasteiger partial charge in [0.15, 0.2) is 0 Å². The van der Waals surface area contributed by atoms with Crippen molar-refractivity contribution >= 4 is 11.9 Å². The molecule has 2 atom stereocenters. The lowest BCUT2D eigenvalue weighted by Crippen LogP contribution is -2.41. The van der Waals surface area contributed by atoms with Gasteiger partial charge in [0.2, 0.25) is 5.91 Å². The Morgan fingerprint density at radius 3 is 2.19 bits per heavy atom. The highest BCUT2D eigenvalue weighted by atomic mass is 19.4. The molecule has 0 aromatic carbocycles. The topological polar surface area (TPSA) is 81.4 Å². The molecular weight excluding hydrogens is 289 g/mol. The lowest BCUT2D eigenvalue weighted by Gasteiger charge is -2.26. The maximum absolute atomic E-state index is 12.9. The minimum Gasteiger partial charge on any atom is -0.481 e. The van der Waals surface area contributed by atoms with Crippen molar-refractivity contribution in [2.24, 2.45) is 17.3 Å². The maximum atomic E-state index is 12.9. The first-order valence-electron chi connectivity index (χ1n) is 6.71. The number of hydrogen-bond donors (Lipinski definition) is 1. The molecule has 1 amide bonds. The number of likely N-dealkylation sites (tertiary alicyclic amines) is 1. The maximum Gasteiger partial charge on any atom is 0.394 e. The molecule has 2 fully saturated rings. The van der Waals surface area contributed by atoms with Gasteiger partial charge < -0.3 is 10.0 Å². The number of carbonyl (C=O) groups excluding carboxylic acids is 1. The Morgan fingerprint density at radius 2 is 1.81 bits per heavy atom. The van der Waals surface area contributed by atoms with E-state index in [9.17, 15) is 28.0 Å². The van der Waals surface area contributed by atoms with E-state index in [1.807, 2.05) is 6.07 Å². The summed E-state index contributed by atoms with van der Waals surface area (Å²) in [6.45, 7) is -1.16. The molecule has 1 N–H and O–H groups in total. The van der Waals surface area contributed by atoms with Gasteiger partial charge in [0, 0.05) is 13.1 Å². The first-order valence-corrected chi connectivity index (χ1v) is 6.71. The van der Waals surface area contributed by atoms with Crippen molar-refractivity contribution in [3.8, 4) is 6.07 Å². The summed E-state index contributed by atoms with van der Waals surface area (Å²) in [7, 11) is 0. The van der Waals surface area contributed by atoms with Gasteiger partial charge in [-0.05, 0) is 12.8 Å². The molecule has 21 heavy (non-hydrogen) atoms. The van der Waals surface area contributed by atoms with E-state index in [1.165, 1.54) is 0 Å². The minimum atomic E-state index is -4.67. The molecule has 1 aliphatic heterocycles. The fourth-order valence-corrected chi connectivity index (χ4v) is 3.21. The Kier molecular flexibility index (Phi) is 3.87. The van der Waals surface area contributed by atoms with Crippen molar-refractivity contribution < 1.29 is 27.9 Å². The molecule has 2 rings (SSSR count). The molecule has 8 heteroatoms. The molecule has 1 saturated heterocycles. The Balaban J connectivity index is 2.21. The molecule has 1 heterocycles. The van der Waals surface area contributed by atoms with Crippen LogP contribution in [0, 0.1) is 28.6 Å². The van der Waals surface area contributed by atoms with Crippen LogP contribution in [0.1, 0.15) is 25.7 Å². The molecule has 0 unspecified atom stereocenters. The van der Waals surface area contributed by atoms with Crippen LogP contribution in [0.25, 0.3) is 0 Å². The van der Waals surface area contributed by atoms with Crippen molar-refractivity contribution in [2.45, 2.75) is 31.9 Å². The number of nitrogens with zero attached hydrogens (tertiary/aromatic N) is 2. The SMILES string of the molecule is N#CC1(C(=O)N2C[C@@H](C(F)(F)F)[C@H](C(=O)O)C2)CCCC1. The number of aliphatic carboxylic acids is 1. The highest BCUT2D eigenvalue weighted by Gasteiger charge is 2.56. The molecule has 0 aromatic rings. The number of carboxylic acids is 1. The molecule has 1 saturated carbocycles. The summed E-state index contributed by atoms with van der Waals surface area (Å²) in [6, 6.07) is 1.93. The van der Waals surface area contributed by atoms with Crippen molar-refractivity contribution in [1.29, 1.82) is 5.26 Å². The van der Waals surface area contributed by atoms with E-state index in [0.717, 1.165) is 4.90 Å².